The van der Waals surface area contributed by atoms with Crippen molar-refractivity contribution in [3.05, 3.63) is 40.2 Å². The van der Waals surface area contributed by atoms with E-state index in [4.69, 9.17) is 9.15 Å². The minimum atomic E-state index is -0.472. The molecular formula is C16H19NO4. The third kappa shape index (κ3) is 3.42. The zero-order valence-electron chi connectivity index (χ0n) is 12.5. The van der Waals surface area contributed by atoms with Crippen LogP contribution in [0.4, 0.5) is 5.69 Å². The van der Waals surface area contributed by atoms with Gasteiger partial charge in [-0.05, 0) is 32.0 Å². The number of hydrogen-bond donors (Lipinski definition) is 0. The summed E-state index contributed by atoms with van der Waals surface area (Å²) in [6.07, 6.45) is 0. The van der Waals surface area contributed by atoms with Gasteiger partial charge >= 0.3 is 11.6 Å². The molecule has 0 fully saturated rings. The minimum absolute atomic E-state index is 0.0641. The maximum atomic E-state index is 11.9. The molecule has 0 aliphatic carbocycles. The van der Waals surface area contributed by atoms with Gasteiger partial charge in [0.1, 0.15) is 12.2 Å². The van der Waals surface area contributed by atoms with Crippen LogP contribution in [-0.4, -0.2) is 19.1 Å². The van der Waals surface area contributed by atoms with Gasteiger partial charge in [0.05, 0.1) is 5.56 Å². The molecule has 2 aromatic rings. The SMILES string of the molecule is CCN(CC)c1ccc2cc(COC(C)=O)c(=O)oc2c1. The van der Waals surface area contributed by atoms with Crippen molar-refractivity contribution in [3.8, 4) is 0 Å². The fourth-order valence-electron chi connectivity index (χ4n) is 2.21. The fourth-order valence-corrected chi connectivity index (χ4v) is 2.21. The summed E-state index contributed by atoms with van der Waals surface area (Å²) in [6.45, 7) is 7.16. The molecule has 1 heterocycles. The Morgan fingerprint density at radius 2 is 1.95 bits per heavy atom. The van der Waals surface area contributed by atoms with Crippen LogP contribution in [0.3, 0.4) is 0 Å². The van der Waals surface area contributed by atoms with E-state index >= 15 is 0 Å². The van der Waals surface area contributed by atoms with Crippen molar-refractivity contribution < 1.29 is 13.9 Å². The Morgan fingerprint density at radius 3 is 2.57 bits per heavy atom. The second-order valence-electron chi connectivity index (χ2n) is 4.73. The number of rotatable bonds is 5. The third-order valence-corrected chi connectivity index (χ3v) is 3.35. The number of fused-ring (bicyclic) bond motifs is 1. The molecule has 5 nitrogen and oxygen atoms in total. The van der Waals surface area contributed by atoms with Gasteiger partial charge in [0.15, 0.2) is 0 Å². The second kappa shape index (κ2) is 6.43. The highest BCUT2D eigenvalue weighted by Crippen LogP contribution is 2.22. The van der Waals surface area contributed by atoms with Gasteiger partial charge in [0.2, 0.25) is 0 Å². The average molecular weight is 289 g/mol. The number of carbonyl (C=O) groups excluding carboxylic acids is 1. The lowest BCUT2D eigenvalue weighted by molar-refractivity contribution is -0.142. The minimum Gasteiger partial charge on any atom is -0.461 e. The summed E-state index contributed by atoms with van der Waals surface area (Å²) in [4.78, 5) is 24.9. The van der Waals surface area contributed by atoms with E-state index in [1.54, 1.807) is 6.07 Å². The van der Waals surface area contributed by atoms with Crippen LogP contribution in [0.2, 0.25) is 0 Å². The molecule has 0 spiro atoms. The van der Waals surface area contributed by atoms with Gasteiger partial charge in [-0.2, -0.15) is 0 Å². The largest absolute Gasteiger partial charge is 0.461 e. The monoisotopic (exact) mass is 289 g/mol. The molecule has 0 atom stereocenters. The van der Waals surface area contributed by atoms with Crippen molar-refractivity contribution >= 4 is 22.6 Å². The number of anilines is 1. The van der Waals surface area contributed by atoms with Gasteiger partial charge < -0.3 is 14.1 Å². The molecule has 112 valence electrons. The van der Waals surface area contributed by atoms with Crippen LogP contribution in [0.25, 0.3) is 11.0 Å². The van der Waals surface area contributed by atoms with Crippen molar-refractivity contribution in [2.45, 2.75) is 27.4 Å². The molecule has 0 aliphatic heterocycles. The molecule has 1 aromatic heterocycles. The van der Waals surface area contributed by atoms with E-state index < -0.39 is 11.6 Å². The highest BCUT2D eigenvalue weighted by Gasteiger charge is 2.09. The summed E-state index contributed by atoms with van der Waals surface area (Å²) in [5, 5.41) is 0.813. The predicted octanol–water partition coefficient (Wildman–Crippen LogP) is 2.70. The number of ether oxygens (including phenoxy) is 1. The van der Waals surface area contributed by atoms with Crippen LogP contribution in [-0.2, 0) is 16.1 Å². The number of nitrogens with zero attached hydrogens (tertiary/aromatic N) is 1. The first kappa shape index (κ1) is 15.1. The predicted molar refractivity (Wildman–Crippen MR) is 81.5 cm³/mol. The molecule has 0 radical (unpaired) electrons. The first-order valence-electron chi connectivity index (χ1n) is 7.00. The first-order chi connectivity index (χ1) is 10.0. The molecule has 0 saturated heterocycles. The van der Waals surface area contributed by atoms with Crippen molar-refractivity contribution in [1.82, 2.24) is 0 Å². The number of hydrogen-bond acceptors (Lipinski definition) is 5. The number of carbonyl (C=O) groups is 1. The Labute approximate surface area is 123 Å². The maximum Gasteiger partial charge on any atom is 0.342 e. The normalized spacial score (nSPS) is 10.6. The van der Waals surface area contributed by atoms with Gasteiger partial charge in [-0.3, -0.25) is 4.79 Å². The quantitative estimate of drug-likeness (QED) is 0.625. The highest BCUT2D eigenvalue weighted by molar-refractivity contribution is 5.81. The van der Waals surface area contributed by atoms with Gasteiger partial charge in [0, 0.05) is 37.2 Å². The second-order valence-corrected chi connectivity index (χ2v) is 4.73. The molecule has 0 N–H and O–H groups in total. The molecule has 0 aliphatic rings. The standard InChI is InChI=1S/C16H19NO4/c1-4-17(5-2)14-7-6-12-8-13(10-20-11(3)18)16(19)21-15(12)9-14/h6-9H,4-5,10H2,1-3H3. The van der Waals surface area contributed by atoms with Crippen molar-refractivity contribution in [3.63, 3.8) is 0 Å². The first-order valence-corrected chi connectivity index (χ1v) is 7.00. The van der Waals surface area contributed by atoms with Crippen molar-refractivity contribution in [2.75, 3.05) is 18.0 Å². The number of benzene rings is 1. The van der Waals surface area contributed by atoms with Gasteiger partial charge in [-0.1, -0.05) is 0 Å². The van der Waals surface area contributed by atoms with Gasteiger partial charge in [-0.25, -0.2) is 4.79 Å². The summed E-state index contributed by atoms with van der Waals surface area (Å²) >= 11 is 0. The van der Waals surface area contributed by atoms with Crippen molar-refractivity contribution in [2.24, 2.45) is 0 Å². The summed E-state index contributed by atoms with van der Waals surface area (Å²) in [7, 11) is 0. The van der Waals surface area contributed by atoms with E-state index in [-0.39, 0.29) is 6.61 Å². The molecule has 1 aromatic carbocycles. The Balaban J connectivity index is 2.39. The van der Waals surface area contributed by atoms with Crippen LogP contribution in [0.1, 0.15) is 26.3 Å². The van der Waals surface area contributed by atoms with E-state index in [0.29, 0.717) is 11.1 Å². The number of esters is 1. The zero-order chi connectivity index (χ0) is 15.4. The molecule has 0 amide bonds. The Bertz CT molecular complexity index is 701. The van der Waals surface area contributed by atoms with E-state index in [2.05, 4.69) is 18.7 Å². The van der Waals surface area contributed by atoms with Gasteiger partial charge in [0.25, 0.3) is 0 Å². The Kier molecular flexibility index (Phi) is 4.62. The molecule has 5 heteroatoms. The average Bonchev–Trinajstić information content (AvgIpc) is 2.46. The van der Waals surface area contributed by atoms with Gasteiger partial charge in [-0.15, -0.1) is 0 Å². The summed E-state index contributed by atoms with van der Waals surface area (Å²) in [5.41, 5.74) is 1.42. The fraction of sp³-hybridized carbons (Fsp3) is 0.375. The van der Waals surface area contributed by atoms with Crippen LogP contribution < -0.4 is 10.5 Å². The smallest absolute Gasteiger partial charge is 0.342 e. The molecule has 21 heavy (non-hydrogen) atoms. The summed E-state index contributed by atoms with van der Waals surface area (Å²) in [6, 6.07) is 7.46. The van der Waals surface area contributed by atoms with Crippen molar-refractivity contribution in [1.29, 1.82) is 0 Å². The van der Waals surface area contributed by atoms with Crippen LogP contribution in [0.15, 0.2) is 33.5 Å². The van der Waals surface area contributed by atoms with E-state index in [9.17, 15) is 9.59 Å². The molecule has 2 rings (SSSR count). The Morgan fingerprint density at radius 1 is 1.24 bits per heavy atom. The van der Waals surface area contributed by atoms with E-state index in [1.165, 1.54) is 6.92 Å². The summed E-state index contributed by atoms with van der Waals surface area (Å²) < 4.78 is 10.2. The van der Waals surface area contributed by atoms with Crippen LogP contribution in [0, 0.1) is 0 Å². The lowest BCUT2D eigenvalue weighted by Gasteiger charge is -2.21. The molecule has 0 saturated carbocycles. The van der Waals surface area contributed by atoms with Crippen LogP contribution in [0.5, 0.6) is 0 Å². The van der Waals surface area contributed by atoms with E-state index in [0.717, 1.165) is 24.2 Å². The zero-order valence-corrected chi connectivity index (χ0v) is 12.5. The highest BCUT2D eigenvalue weighted by atomic mass is 16.5. The molecule has 0 unspecified atom stereocenters. The summed E-state index contributed by atoms with van der Waals surface area (Å²) in [5.74, 6) is -0.425. The topological polar surface area (TPSA) is 59.8 Å². The lowest BCUT2D eigenvalue weighted by atomic mass is 10.1. The van der Waals surface area contributed by atoms with E-state index in [1.807, 2.05) is 18.2 Å². The Hall–Kier alpha value is -2.30. The molecular weight excluding hydrogens is 270 g/mol. The lowest BCUT2D eigenvalue weighted by Crippen LogP contribution is -2.21. The molecule has 0 bridgehead atoms. The third-order valence-electron chi connectivity index (χ3n) is 3.35. The maximum absolute atomic E-state index is 11.9. The van der Waals surface area contributed by atoms with Crippen LogP contribution >= 0.6 is 0 Å².